The molecule has 172 valence electrons. The van der Waals surface area contributed by atoms with Crippen LogP contribution in [0.25, 0.3) is 0 Å². The van der Waals surface area contributed by atoms with Gasteiger partial charge in [0.2, 0.25) is 0 Å². The van der Waals surface area contributed by atoms with Crippen molar-refractivity contribution in [3.8, 4) is 5.75 Å². The number of fused-ring (bicyclic) bond motifs is 1. The van der Waals surface area contributed by atoms with Gasteiger partial charge in [0.15, 0.2) is 6.10 Å². The third-order valence-electron chi connectivity index (χ3n) is 5.56. The third-order valence-corrected chi connectivity index (χ3v) is 7.35. The van der Waals surface area contributed by atoms with Gasteiger partial charge in [0, 0.05) is 5.54 Å². The molecule has 0 bridgehead atoms. The molecule has 1 heterocycles. The molecule has 1 atom stereocenters. The minimum Gasteiger partial charge on any atom is -0.476 e. The normalized spacial score (nSPS) is 16.0. The molecule has 0 saturated carbocycles. The molecule has 0 saturated heterocycles. The average molecular weight is 465 g/mol. The van der Waals surface area contributed by atoms with Gasteiger partial charge in [-0.2, -0.15) is 0 Å². The summed E-state index contributed by atoms with van der Waals surface area (Å²) in [6.45, 7) is 5.66. The van der Waals surface area contributed by atoms with Gasteiger partial charge in [0.25, 0.3) is 15.9 Å². The molecule has 0 unspecified atom stereocenters. The number of anilines is 1. The Balaban J connectivity index is 1.61. The predicted octanol–water partition coefficient (Wildman–Crippen LogP) is 4.09. The summed E-state index contributed by atoms with van der Waals surface area (Å²) in [5, 5.41) is 3.04. The molecule has 6 nitrogen and oxygen atoms in total. The molecular formula is C26H28N2O4S. The molecular weight excluding hydrogens is 436 g/mol. The van der Waals surface area contributed by atoms with Crippen LogP contribution in [0.3, 0.4) is 0 Å². The highest BCUT2D eigenvalue weighted by Crippen LogP contribution is 2.37. The van der Waals surface area contributed by atoms with Gasteiger partial charge in [0.1, 0.15) is 5.75 Å². The first-order valence-electron chi connectivity index (χ1n) is 10.9. The Kier molecular flexibility index (Phi) is 6.17. The summed E-state index contributed by atoms with van der Waals surface area (Å²) in [7, 11) is -3.88. The van der Waals surface area contributed by atoms with E-state index in [-0.39, 0.29) is 17.3 Å². The van der Waals surface area contributed by atoms with Gasteiger partial charge in [-0.3, -0.25) is 9.10 Å². The number of ether oxygens (including phenoxy) is 1. The number of carbonyl (C=O) groups excluding carboxylic acids is 1. The lowest BCUT2D eigenvalue weighted by molar-refractivity contribution is -0.129. The second kappa shape index (κ2) is 8.90. The third kappa shape index (κ3) is 5.03. The monoisotopic (exact) mass is 464 g/mol. The zero-order chi connectivity index (χ0) is 23.6. The van der Waals surface area contributed by atoms with E-state index in [1.54, 1.807) is 42.5 Å². The number of hydrogen-bond acceptors (Lipinski definition) is 4. The maximum atomic E-state index is 13.5. The Bertz CT molecular complexity index is 1240. The molecule has 1 aliphatic heterocycles. The Morgan fingerprint density at radius 3 is 2.33 bits per heavy atom. The zero-order valence-electron chi connectivity index (χ0n) is 19.0. The van der Waals surface area contributed by atoms with Gasteiger partial charge in [-0.15, -0.1) is 0 Å². The van der Waals surface area contributed by atoms with E-state index >= 15 is 0 Å². The average Bonchev–Trinajstić information content (AvgIpc) is 2.79. The van der Waals surface area contributed by atoms with Crippen molar-refractivity contribution in [2.45, 2.75) is 43.7 Å². The van der Waals surface area contributed by atoms with Crippen molar-refractivity contribution in [3.05, 3.63) is 90.0 Å². The van der Waals surface area contributed by atoms with E-state index in [9.17, 15) is 13.2 Å². The fourth-order valence-electron chi connectivity index (χ4n) is 4.01. The standard InChI is InChI=1S/C26H28N2O4S/c1-19-14-15-23-22(16-19)28(33(30,31)21-12-8-5-9-13-21)18-24(32-23)25(29)27-26(2,3)17-20-10-6-4-7-11-20/h4-16,24H,17-18H2,1-3H3,(H,27,29)/t24-/m1/s1. The first-order valence-corrected chi connectivity index (χ1v) is 12.3. The summed E-state index contributed by atoms with van der Waals surface area (Å²) >= 11 is 0. The number of sulfonamides is 1. The minimum absolute atomic E-state index is 0.110. The maximum absolute atomic E-state index is 13.5. The Labute approximate surface area is 195 Å². The smallest absolute Gasteiger partial charge is 0.264 e. The molecule has 33 heavy (non-hydrogen) atoms. The van der Waals surface area contributed by atoms with E-state index in [4.69, 9.17) is 4.74 Å². The van der Waals surface area contributed by atoms with Crippen LogP contribution in [0.1, 0.15) is 25.0 Å². The van der Waals surface area contributed by atoms with Crippen LogP contribution < -0.4 is 14.4 Å². The summed E-state index contributed by atoms with van der Waals surface area (Å²) in [4.78, 5) is 13.4. The molecule has 4 rings (SSSR count). The van der Waals surface area contributed by atoms with Gasteiger partial charge >= 0.3 is 0 Å². The molecule has 3 aromatic rings. The van der Waals surface area contributed by atoms with Crippen molar-refractivity contribution < 1.29 is 17.9 Å². The molecule has 0 radical (unpaired) electrons. The number of rotatable bonds is 6. The van der Waals surface area contributed by atoms with E-state index < -0.39 is 21.7 Å². The van der Waals surface area contributed by atoms with Crippen molar-refractivity contribution in [2.24, 2.45) is 0 Å². The number of amides is 1. The molecule has 0 aromatic heterocycles. The van der Waals surface area contributed by atoms with E-state index in [1.807, 2.05) is 57.2 Å². The quantitative estimate of drug-likeness (QED) is 0.596. The van der Waals surface area contributed by atoms with Crippen molar-refractivity contribution in [3.63, 3.8) is 0 Å². The highest BCUT2D eigenvalue weighted by molar-refractivity contribution is 7.92. The number of hydrogen-bond donors (Lipinski definition) is 1. The lowest BCUT2D eigenvalue weighted by Gasteiger charge is -2.36. The first-order chi connectivity index (χ1) is 15.7. The highest BCUT2D eigenvalue weighted by Gasteiger charge is 2.38. The van der Waals surface area contributed by atoms with Gasteiger partial charge in [-0.1, -0.05) is 54.6 Å². The number of nitrogens with one attached hydrogen (secondary N) is 1. The number of benzene rings is 3. The predicted molar refractivity (Wildman–Crippen MR) is 129 cm³/mol. The highest BCUT2D eigenvalue weighted by atomic mass is 32.2. The summed E-state index contributed by atoms with van der Waals surface area (Å²) in [5.74, 6) is 0.0165. The summed E-state index contributed by atoms with van der Waals surface area (Å²) in [5.41, 5.74) is 1.89. The van der Waals surface area contributed by atoms with Crippen LogP contribution in [-0.2, 0) is 21.2 Å². The van der Waals surface area contributed by atoms with Crippen LogP contribution in [0.5, 0.6) is 5.75 Å². The number of aryl methyl sites for hydroxylation is 1. The molecule has 0 aliphatic carbocycles. The zero-order valence-corrected chi connectivity index (χ0v) is 19.8. The lowest BCUT2D eigenvalue weighted by atomic mass is 9.94. The van der Waals surface area contributed by atoms with E-state index in [0.717, 1.165) is 11.1 Å². The largest absolute Gasteiger partial charge is 0.476 e. The van der Waals surface area contributed by atoms with Crippen LogP contribution in [0, 0.1) is 6.92 Å². The fraction of sp³-hybridized carbons (Fsp3) is 0.269. The first kappa shape index (κ1) is 22.9. The molecule has 1 amide bonds. The molecule has 1 N–H and O–H groups in total. The van der Waals surface area contributed by atoms with Crippen molar-refractivity contribution in [2.75, 3.05) is 10.8 Å². The number of carbonyl (C=O) groups is 1. The van der Waals surface area contributed by atoms with Crippen LogP contribution in [-0.4, -0.2) is 32.5 Å². The van der Waals surface area contributed by atoms with Crippen LogP contribution in [0.2, 0.25) is 0 Å². The Hall–Kier alpha value is -3.32. The van der Waals surface area contributed by atoms with Gasteiger partial charge < -0.3 is 10.1 Å². The van der Waals surface area contributed by atoms with Crippen molar-refractivity contribution in [1.29, 1.82) is 0 Å². The van der Waals surface area contributed by atoms with E-state index in [0.29, 0.717) is 17.9 Å². The van der Waals surface area contributed by atoms with Gasteiger partial charge in [-0.25, -0.2) is 8.42 Å². The van der Waals surface area contributed by atoms with Gasteiger partial charge in [0.05, 0.1) is 17.1 Å². The summed E-state index contributed by atoms with van der Waals surface area (Å²) < 4.78 is 34.3. The summed E-state index contributed by atoms with van der Waals surface area (Å²) in [6.07, 6.45) is -0.345. The Morgan fingerprint density at radius 2 is 1.67 bits per heavy atom. The molecule has 3 aromatic carbocycles. The second-order valence-electron chi connectivity index (χ2n) is 8.96. The molecule has 1 aliphatic rings. The number of nitrogens with zero attached hydrogens (tertiary/aromatic N) is 1. The fourth-order valence-corrected chi connectivity index (χ4v) is 5.50. The topological polar surface area (TPSA) is 75.7 Å². The molecule has 0 fully saturated rings. The van der Waals surface area contributed by atoms with Crippen molar-refractivity contribution in [1.82, 2.24) is 5.32 Å². The van der Waals surface area contributed by atoms with Crippen LogP contribution in [0.15, 0.2) is 83.8 Å². The lowest BCUT2D eigenvalue weighted by Crippen LogP contribution is -2.55. The van der Waals surface area contributed by atoms with E-state index in [2.05, 4.69) is 5.32 Å². The Morgan fingerprint density at radius 1 is 1.03 bits per heavy atom. The van der Waals surface area contributed by atoms with Crippen LogP contribution >= 0.6 is 0 Å². The SMILES string of the molecule is Cc1ccc2c(c1)N(S(=O)(=O)c1ccccc1)C[C@H](C(=O)NC(C)(C)Cc1ccccc1)O2. The van der Waals surface area contributed by atoms with Crippen molar-refractivity contribution >= 4 is 21.6 Å². The van der Waals surface area contributed by atoms with Gasteiger partial charge in [-0.05, 0) is 62.6 Å². The second-order valence-corrected chi connectivity index (χ2v) is 10.8. The van der Waals surface area contributed by atoms with E-state index in [1.165, 1.54) is 4.31 Å². The molecule has 7 heteroatoms. The minimum atomic E-state index is -3.88. The molecule has 0 spiro atoms. The maximum Gasteiger partial charge on any atom is 0.264 e. The summed E-state index contributed by atoms with van der Waals surface area (Å²) in [6, 6.07) is 23.5. The van der Waals surface area contributed by atoms with Crippen LogP contribution in [0.4, 0.5) is 5.69 Å².